The number of aliphatic carboxylic acids is 1. The maximum Gasteiger partial charge on any atom is 0.371 e. The highest BCUT2D eigenvalue weighted by Gasteiger charge is 2.46. The zero-order valence-corrected chi connectivity index (χ0v) is 13.3. The molecule has 1 aliphatic rings. The number of hydrogen-bond acceptors (Lipinski definition) is 6. The van der Waals surface area contributed by atoms with E-state index in [0.29, 0.717) is 11.8 Å². The molecule has 3 rings (SSSR count). The molecule has 1 atom stereocenters. The maximum absolute atomic E-state index is 12.9. The molecule has 134 valence electrons. The van der Waals surface area contributed by atoms with E-state index in [1.54, 1.807) is 12.1 Å². The van der Waals surface area contributed by atoms with E-state index in [1.165, 1.54) is 24.3 Å². The normalized spacial score (nSPS) is 19.6. The average Bonchev–Trinajstić information content (AvgIpc) is 3.03. The van der Waals surface area contributed by atoms with Crippen LogP contribution < -0.4 is 0 Å². The molecule has 1 unspecified atom stereocenters. The van der Waals surface area contributed by atoms with Crippen molar-refractivity contribution in [2.24, 2.45) is 0 Å². The fourth-order valence-electron chi connectivity index (χ4n) is 2.50. The van der Waals surface area contributed by atoms with Crippen molar-refractivity contribution in [3.05, 3.63) is 71.1 Å². The Morgan fingerprint density at radius 3 is 2.50 bits per heavy atom. The summed E-state index contributed by atoms with van der Waals surface area (Å²) in [5.41, 5.74) is 0.735. The minimum Gasteiger partial charge on any atom is -0.475 e. The number of benzene rings is 1. The van der Waals surface area contributed by atoms with Gasteiger partial charge in [0, 0.05) is 12.5 Å². The predicted octanol–water partition coefficient (Wildman–Crippen LogP) is 1.84. The van der Waals surface area contributed by atoms with E-state index in [-0.39, 0.29) is 18.0 Å². The number of Topliss-reactive ketones (excluding diaryl/α,β-unsaturated/α-hetero) is 1. The number of rotatable bonds is 5. The number of hydrogen-bond donors (Lipinski definition) is 2. The minimum absolute atomic E-state index is 0.270. The van der Waals surface area contributed by atoms with Crippen LogP contribution in [0, 0.1) is 5.82 Å². The molecule has 1 aliphatic heterocycles. The summed E-state index contributed by atoms with van der Waals surface area (Å²) in [5.74, 6) is -7.19. The number of ether oxygens (including phenoxy) is 1. The Hall–Kier alpha value is -3.26. The van der Waals surface area contributed by atoms with Gasteiger partial charge in [-0.2, -0.15) is 0 Å². The van der Waals surface area contributed by atoms with E-state index in [2.05, 4.69) is 0 Å². The molecule has 1 aromatic heterocycles. The number of carboxylic acid groups (broad SMARTS) is 1. The number of carbonyl (C=O) groups is 3. The first-order valence-corrected chi connectivity index (χ1v) is 7.54. The van der Waals surface area contributed by atoms with Crippen LogP contribution in [0.15, 0.2) is 52.7 Å². The van der Waals surface area contributed by atoms with Crippen LogP contribution in [0.3, 0.4) is 0 Å². The van der Waals surface area contributed by atoms with Crippen LogP contribution in [-0.4, -0.2) is 33.5 Å². The Balaban J connectivity index is 1.79. The second kappa shape index (κ2) is 6.57. The van der Waals surface area contributed by atoms with Gasteiger partial charge in [-0.25, -0.2) is 9.18 Å². The molecule has 0 radical (unpaired) electrons. The molecule has 2 heterocycles. The molecule has 26 heavy (non-hydrogen) atoms. The fraction of sp³-hybridized carbons (Fsp3) is 0.167. The average molecular weight is 360 g/mol. The quantitative estimate of drug-likeness (QED) is 0.782. The van der Waals surface area contributed by atoms with Gasteiger partial charge in [0.1, 0.15) is 11.6 Å². The number of carbonyl (C=O) groups excluding carboxylic acids is 2. The van der Waals surface area contributed by atoms with Gasteiger partial charge < -0.3 is 19.4 Å². The Bertz CT molecular complexity index is 910. The topological polar surface area (TPSA) is 114 Å². The fourth-order valence-corrected chi connectivity index (χ4v) is 2.50. The molecule has 0 spiro atoms. The van der Waals surface area contributed by atoms with E-state index in [1.807, 2.05) is 0 Å². The van der Waals surface area contributed by atoms with Crippen molar-refractivity contribution in [2.45, 2.75) is 18.6 Å². The predicted molar refractivity (Wildman–Crippen MR) is 83.6 cm³/mol. The van der Waals surface area contributed by atoms with Gasteiger partial charge in [-0.05, 0) is 29.8 Å². The molecule has 0 saturated heterocycles. The Kier molecular flexibility index (Phi) is 4.43. The van der Waals surface area contributed by atoms with Crippen molar-refractivity contribution in [1.29, 1.82) is 0 Å². The van der Waals surface area contributed by atoms with Gasteiger partial charge in [-0.1, -0.05) is 12.1 Å². The standard InChI is InChI=1S/C18H13FO7/c19-11-3-1-10(2-4-11)7-13-5-6-14(25-13)16(21)18(24)9-12(20)8-15(26-18)17(22)23/h1-6,8,24H,7,9H2,(H,22,23). The number of furan rings is 1. The number of carboxylic acids is 1. The number of allylic oxidation sites excluding steroid dienone is 1. The number of halogens is 1. The van der Waals surface area contributed by atoms with Crippen LogP contribution in [0.2, 0.25) is 0 Å². The minimum atomic E-state index is -2.65. The summed E-state index contributed by atoms with van der Waals surface area (Å²) < 4.78 is 23.1. The lowest BCUT2D eigenvalue weighted by molar-refractivity contribution is -0.172. The van der Waals surface area contributed by atoms with Crippen LogP contribution in [0.5, 0.6) is 0 Å². The molecule has 0 saturated carbocycles. The molecule has 8 heteroatoms. The third kappa shape index (κ3) is 3.55. The molecule has 1 aromatic carbocycles. The largest absolute Gasteiger partial charge is 0.475 e. The Labute approximate surface area is 146 Å². The molecule has 2 N–H and O–H groups in total. The summed E-state index contributed by atoms with van der Waals surface area (Å²) in [6, 6.07) is 8.45. The molecule has 0 amide bonds. The summed E-state index contributed by atoms with van der Waals surface area (Å²) in [7, 11) is 0. The van der Waals surface area contributed by atoms with E-state index in [9.17, 15) is 23.9 Å². The Morgan fingerprint density at radius 1 is 1.15 bits per heavy atom. The summed E-state index contributed by atoms with van der Waals surface area (Å²) in [6.07, 6.45) is 0.245. The number of aliphatic hydroxyl groups is 1. The lowest BCUT2D eigenvalue weighted by Gasteiger charge is -2.28. The van der Waals surface area contributed by atoms with E-state index < -0.39 is 35.5 Å². The number of ketones is 2. The third-order valence-electron chi connectivity index (χ3n) is 3.73. The highest BCUT2D eigenvalue weighted by molar-refractivity contribution is 6.07. The first-order chi connectivity index (χ1) is 12.3. The monoisotopic (exact) mass is 360 g/mol. The van der Waals surface area contributed by atoms with Gasteiger partial charge in [-0.15, -0.1) is 0 Å². The lowest BCUT2D eigenvalue weighted by atomic mass is 10.00. The first-order valence-electron chi connectivity index (χ1n) is 7.54. The van der Waals surface area contributed by atoms with Crippen LogP contribution in [0.4, 0.5) is 4.39 Å². The van der Waals surface area contributed by atoms with Crippen molar-refractivity contribution < 1.29 is 38.1 Å². The van der Waals surface area contributed by atoms with Crippen molar-refractivity contribution in [3.63, 3.8) is 0 Å². The third-order valence-corrected chi connectivity index (χ3v) is 3.73. The molecule has 7 nitrogen and oxygen atoms in total. The highest BCUT2D eigenvalue weighted by atomic mass is 19.1. The van der Waals surface area contributed by atoms with E-state index >= 15 is 0 Å². The van der Waals surface area contributed by atoms with Crippen molar-refractivity contribution >= 4 is 17.5 Å². The second-order valence-electron chi connectivity index (χ2n) is 5.74. The van der Waals surface area contributed by atoms with Crippen molar-refractivity contribution in [3.8, 4) is 0 Å². The maximum atomic E-state index is 12.9. The van der Waals surface area contributed by atoms with Gasteiger partial charge in [0.15, 0.2) is 11.5 Å². The Morgan fingerprint density at radius 2 is 1.85 bits per heavy atom. The van der Waals surface area contributed by atoms with E-state index in [4.69, 9.17) is 14.3 Å². The molecule has 2 aromatic rings. The molecule has 0 fully saturated rings. The van der Waals surface area contributed by atoms with Crippen LogP contribution in [0.1, 0.15) is 28.3 Å². The SMILES string of the molecule is O=C1C=C(C(=O)O)OC(O)(C(=O)c2ccc(Cc3ccc(F)cc3)o2)C1. The van der Waals surface area contributed by atoms with Crippen LogP contribution in [-0.2, 0) is 20.7 Å². The molecule has 0 bridgehead atoms. The van der Waals surface area contributed by atoms with Gasteiger partial charge in [0.25, 0.3) is 11.6 Å². The molecular formula is C18H13FO7. The van der Waals surface area contributed by atoms with Crippen molar-refractivity contribution in [2.75, 3.05) is 0 Å². The summed E-state index contributed by atoms with van der Waals surface area (Å²) in [4.78, 5) is 35.0. The smallest absolute Gasteiger partial charge is 0.371 e. The second-order valence-corrected chi connectivity index (χ2v) is 5.74. The first kappa shape index (κ1) is 17.6. The zero-order chi connectivity index (χ0) is 18.9. The van der Waals surface area contributed by atoms with Crippen molar-refractivity contribution in [1.82, 2.24) is 0 Å². The van der Waals surface area contributed by atoms with Gasteiger partial charge in [-0.3, -0.25) is 9.59 Å². The van der Waals surface area contributed by atoms with Gasteiger partial charge in [0.05, 0.1) is 6.42 Å². The molecule has 0 aliphatic carbocycles. The summed E-state index contributed by atoms with van der Waals surface area (Å²) in [6.45, 7) is 0. The molecular weight excluding hydrogens is 347 g/mol. The summed E-state index contributed by atoms with van der Waals surface area (Å²) in [5, 5.41) is 19.2. The van der Waals surface area contributed by atoms with Gasteiger partial charge >= 0.3 is 5.97 Å². The van der Waals surface area contributed by atoms with Gasteiger partial charge in [0.2, 0.25) is 5.76 Å². The van der Waals surface area contributed by atoms with Crippen LogP contribution >= 0.6 is 0 Å². The zero-order valence-electron chi connectivity index (χ0n) is 13.3. The lowest BCUT2D eigenvalue weighted by Crippen LogP contribution is -2.46. The summed E-state index contributed by atoms with van der Waals surface area (Å²) >= 11 is 0. The highest BCUT2D eigenvalue weighted by Crippen LogP contribution is 2.28. The van der Waals surface area contributed by atoms with E-state index in [0.717, 1.165) is 5.56 Å². The van der Waals surface area contributed by atoms with Crippen LogP contribution in [0.25, 0.3) is 0 Å².